The zero-order chi connectivity index (χ0) is 22.7. The molecule has 2 fully saturated rings. The Balaban J connectivity index is 1.64. The Kier molecular flexibility index (Phi) is 7.00. The number of carbonyl (C=O) groups is 2. The number of nitrogens with zero attached hydrogens (tertiary/aromatic N) is 5. The van der Waals surface area contributed by atoms with Crippen molar-refractivity contribution in [3.05, 3.63) is 30.1 Å². The first-order chi connectivity index (χ1) is 15.5. The van der Waals surface area contributed by atoms with Gasteiger partial charge >= 0.3 is 6.03 Å². The molecule has 2 aliphatic rings. The van der Waals surface area contributed by atoms with Crippen molar-refractivity contribution in [1.29, 1.82) is 0 Å². The summed E-state index contributed by atoms with van der Waals surface area (Å²) in [6.07, 6.45) is 3.64. The van der Waals surface area contributed by atoms with Crippen LogP contribution in [-0.2, 0) is 4.79 Å². The van der Waals surface area contributed by atoms with Gasteiger partial charge in [0.2, 0.25) is 5.91 Å². The van der Waals surface area contributed by atoms with E-state index in [0.717, 1.165) is 30.4 Å². The maximum absolute atomic E-state index is 12.8. The van der Waals surface area contributed by atoms with Crippen LogP contribution < -0.4 is 10.1 Å². The number of thioether (sulfide) groups is 1. The fourth-order valence-electron chi connectivity index (χ4n) is 4.18. The quantitative estimate of drug-likeness (QED) is 0.638. The van der Waals surface area contributed by atoms with Crippen molar-refractivity contribution >= 4 is 23.7 Å². The summed E-state index contributed by atoms with van der Waals surface area (Å²) in [5.74, 6) is 1.39. The summed E-state index contributed by atoms with van der Waals surface area (Å²) in [5, 5.41) is 11.9. The standard InChI is InChI=1S/C22H30N6O3S/c1-15(26-12-5-4-6-13-26)19-24-25-22(28(19)17-7-9-18(31-3)10-8-17)32-16(2)20(29)27-14-11-23-21(27)30/h7-10,15-16H,4-6,11-14H2,1-3H3,(H,23,30)/t15-,16-/m0/s1. The fourth-order valence-corrected chi connectivity index (χ4v) is 5.12. The van der Waals surface area contributed by atoms with Crippen LogP contribution in [0.3, 0.4) is 0 Å². The average Bonchev–Trinajstić information content (AvgIpc) is 3.44. The third kappa shape index (κ3) is 4.61. The van der Waals surface area contributed by atoms with Gasteiger partial charge in [0.15, 0.2) is 11.0 Å². The molecule has 0 radical (unpaired) electrons. The van der Waals surface area contributed by atoms with E-state index in [1.807, 2.05) is 28.8 Å². The van der Waals surface area contributed by atoms with Crippen LogP contribution in [-0.4, -0.2) is 75.0 Å². The molecular weight excluding hydrogens is 428 g/mol. The highest BCUT2D eigenvalue weighted by molar-refractivity contribution is 8.00. The molecule has 2 aliphatic heterocycles. The molecule has 0 saturated carbocycles. The van der Waals surface area contributed by atoms with Crippen molar-refractivity contribution in [1.82, 2.24) is 29.9 Å². The van der Waals surface area contributed by atoms with Crippen LogP contribution in [0.4, 0.5) is 4.79 Å². The van der Waals surface area contributed by atoms with Crippen LogP contribution >= 0.6 is 11.8 Å². The van der Waals surface area contributed by atoms with Crippen LogP contribution in [0.1, 0.15) is 45.0 Å². The number of nitrogens with one attached hydrogen (secondary N) is 1. The van der Waals surface area contributed by atoms with Crippen LogP contribution in [0, 0.1) is 0 Å². The molecule has 0 bridgehead atoms. The predicted octanol–water partition coefficient (Wildman–Crippen LogP) is 2.86. The molecule has 3 amide bonds. The number of amides is 3. The van der Waals surface area contributed by atoms with Gasteiger partial charge in [-0.15, -0.1) is 10.2 Å². The molecule has 0 unspecified atom stereocenters. The van der Waals surface area contributed by atoms with E-state index >= 15 is 0 Å². The van der Waals surface area contributed by atoms with E-state index in [1.165, 1.54) is 35.9 Å². The van der Waals surface area contributed by atoms with Crippen LogP contribution in [0.25, 0.3) is 5.69 Å². The summed E-state index contributed by atoms with van der Waals surface area (Å²) < 4.78 is 7.34. The monoisotopic (exact) mass is 458 g/mol. The molecule has 4 rings (SSSR count). The molecule has 2 atom stereocenters. The molecule has 1 aromatic carbocycles. The number of urea groups is 1. The Bertz CT molecular complexity index is 957. The molecule has 3 heterocycles. The topological polar surface area (TPSA) is 92.6 Å². The number of ether oxygens (including phenoxy) is 1. The van der Waals surface area contributed by atoms with Crippen molar-refractivity contribution in [2.45, 2.75) is 49.6 Å². The van der Waals surface area contributed by atoms with Gasteiger partial charge in [0.05, 0.1) is 18.4 Å². The zero-order valence-corrected chi connectivity index (χ0v) is 19.6. The second kappa shape index (κ2) is 9.91. The van der Waals surface area contributed by atoms with Crippen LogP contribution in [0.2, 0.25) is 0 Å². The summed E-state index contributed by atoms with van der Waals surface area (Å²) in [5.41, 5.74) is 0.913. The Hall–Kier alpha value is -2.59. The van der Waals surface area contributed by atoms with Gasteiger partial charge in [0, 0.05) is 18.8 Å². The van der Waals surface area contributed by atoms with Gasteiger partial charge in [-0.25, -0.2) is 4.79 Å². The largest absolute Gasteiger partial charge is 0.497 e. The highest BCUT2D eigenvalue weighted by Gasteiger charge is 2.32. The minimum absolute atomic E-state index is 0.0922. The fraction of sp³-hybridized carbons (Fsp3) is 0.545. The first-order valence-corrected chi connectivity index (χ1v) is 12.0. The van der Waals surface area contributed by atoms with E-state index in [1.54, 1.807) is 14.0 Å². The number of benzene rings is 1. The predicted molar refractivity (Wildman–Crippen MR) is 122 cm³/mol. The van der Waals surface area contributed by atoms with E-state index in [2.05, 4.69) is 27.3 Å². The highest BCUT2D eigenvalue weighted by Crippen LogP contribution is 2.32. The maximum Gasteiger partial charge on any atom is 0.324 e. The van der Waals surface area contributed by atoms with E-state index in [-0.39, 0.29) is 18.0 Å². The number of hydrogen-bond acceptors (Lipinski definition) is 7. The third-order valence-electron chi connectivity index (χ3n) is 6.05. The summed E-state index contributed by atoms with van der Waals surface area (Å²) in [6, 6.07) is 7.51. The van der Waals surface area contributed by atoms with Gasteiger partial charge in [-0.1, -0.05) is 18.2 Å². The lowest BCUT2D eigenvalue weighted by Crippen LogP contribution is -2.39. The first-order valence-electron chi connectivity index (χ1n) is 11.1. The lowest BCUT2D eigenvalue weighted by molar-refractivity contribution is -0.126. The molecule has 172 valence electrons. The number of piperidine rings is 1. The number of hydrogen-bond donors (Lipinski definition) is 1. The summed E-state index contributed by atoms with van der Waals surface area (Å²) in [4.78, 5) is 28.5. The van der Waals surface area contributed by atoms with E-state index in [0.29, 0.717) is 18.2 Å². The summed E-state index contributed by atoms with van der Waals surface area (Å²) >= 11 is 1.33. The van der Waals surface area contributed by atoms with E-state index in [9.17, 15) is 9.59 Å². The molecule has 32 heavy (non-hydrogen) atoms. The number of rotatable bonds is 7. The van der Waals surface area contributed by atoms with Crippen molar-refractivity contribution in [3.8, 4) is 11.4 Å². The molecule has 1 aromatic heterocycles. The SMILES string of the molecule is COc1ccc(-n2c(S[C@@H](C)C(=O)N3CCNC3=O)nnc2[C@H](C)N2CCCCC2)cc1. The van der Waals surface area contributed by atoms with Crippen molar-refractivity contribution < 1.29 is 14.3 Å². The molecule has 10 heteroatoms. The Labute approximate surface area is 192 Å². The second-order valence-corrected chi connectivity index (χ2v) is 9.44. The van der Waals surface area contributed by atoms with E-state index < -0.39 is 5.25 Å². The lowest BCUT2D eigenvalue weighted by atomic mass is 10.1. The van der Waals surface area contributed by atoms with Crippen molar-refractivity contribution in [2.24, 2.45) is 0 Å². The van der Waals surface area contributed by atoms with Gasteiger partial charge in [-0.2, -0.15) is 0 Å². The second-order valence-electron chi connectivity index (χ2n) is 8.13. The van der Waals surface area contributed by atoms with Gasteiger partial charge in [0.25, 0.3) is 0 Å². The number of methoxy groups -OCH3 is 1. The number of imide groups is 1. The van der Waals surface area contributed by atoms with Gasteiger partial charge in [-0.05, 0) is 64.0 Å². The van der Waals surface area contributed by atoms with Crippen LogP contribution in [0.5, 0.6) is 5.75 Å². The van der Waals surface area contributed by atoms with Gasteiger partial charge < -0.3 is 10.1 Å². The number of likely N-dealkylation sites (tertiary alicyclic amines) is 1. The normalized spacial score (nSPS) is 19.0. The highest BCUT2D eigenvalue weighted by atomic mass is 32.2. The van der Waals surface area contributed by atoms with Gasteiger partial charge in [-0.3, -0.25) is 19.2 Å². The summed E-state index contributed by atoms with van der Waals surface area (Å²) in [6.45, 7) is 6.93. The van der Waals surface area contributed by atoms with Crippen LogP contribution in [0.15, 0.2) is 29.4 Å². The van der Waals surface area contributed by atoms with E-state index in [4.69, 9.17) is 4.74 Å². The molecule has 2 saturated heterocycles. The average molecular weight is 459 g/mol. The Morgan fingerprint density at radius 3 is 2.44 bits per heavy atom. The molecule has 0 spiro atoms. The number of carbonyl (C=O) groups excluding carboxylic acids is 2. The Morgan fingerprint density at radius 1 is 1.09 bits per heavy atom. The summed E-state index contributed by atoms with van der Waals surface area (Å²) in [7, 11) is 1.64. The first kappa shape index (κ1) is 22.6. The lowest BCUT2D eigenvalue weighted by Gasteiger charge is -2.32. The maximum atomic E-state index is 12.8. The molecule has 2 aromatic rings. The minimum atomic E-state index is -0.474. The third-order valence-corrected chi connectivity index (χ3v) is 7.08. The Morgan fingerprint density at radius 2 is 1.81 bits per heavy atom. The zero-order valence-electron chi connectivity index (χ0n) is 18.8. The number of aromatic nitrogens is 3. The molecule has 1 N–H and O–H groups in total. The van der Waals surface area contributed by atoms with Gasteiger partial charge in [0.1, 0.15) is 5.75 Å². The molecule has 9 nitrogen and oxygen atoms in total. The minimum Gasteiger partial charge on any atom is -0.497 e. The molecular formula is C22H30N6O3S. The molecule has 0 aliphatic carbocycles. The van der Waals surface area contributed by atoms with Crippen molar-refractivity contribution in [2.75, 3.05) is 33.3 Å². The van der Waals surface area contributed by atoms with Crippen molar-refractivity contribution in [3.63, 3.8) is 0 Å². The smallest absolute Gasteiger partial charge is 0.324 e.